The van der Waals surface area contributed by atoms with Gasteiger partial charge in [0.25, 0.3) is 0 Å². The van der Waals surface area contributed by atoms with Crippen molar-refractivity contribution in [1.82, 2.24) is 4.90 Å². The molecular weight excluding hydrogens is 264 g/mol. The third-order valence-corrected chi connectivity index (χ3v) is 3.80. The Morgan fingerprint density at radius 3 is 2.44 bits per heavy atom. The van der Waals surface area contributed by atoms with Gasteiger partial charge in [0.1, 0.15) is 0 Å². The van der Waals surface area contributed by atoms with Gasteiger partial charge in [0.05, 0.1) is 0 Å². The maximum absolute atomic E-state index is 5.73. The lowest BCUT2D eigenvalue weighted by molar-refractivity contribution is 0.221. The Kier molecular flexibility index (Phi) is 5.29. The van der Waals surface area contributed by atoms with Crippen molar-refractivity contribution in [2.45, 2.75) is 39.3 Å². The van der Waals surface area contributed by atoms with E-state index < -0.39 is 0 Å². The normalized spacial score (nSPS) is 11.4. The molecule has 2 N–H and O–H groups in total. The van der Waals surface area contributed by atoms with Gasteiger partial charge in [-0.05, 0) is 37.6 Å². The molecular formula is C13H21BrN2. The number of anilines is 1. The molecule has 0 saturated carbocycles. The Morgan fingerprint density at radius 1 is 1.31 bits per heavy atom. The number of rotatable bonds is 5. The zero-order valence-electron chi connectivity index (χ0n) is 10.3. The Labute approximate surface area is 107 Å². The minimum atomic E-state index is 0.657. The Bertz CT molecular complexity index is 335. The van der Waals surface area contributed by atoms with Crippen LogP contribution in [-0.2, 0) is 6.54 Å². The van der Waals surface area contributed by atoms with Gasteiger partial charge in [0, 0.05) is 22.7 Å². The summed E-state index contributed by atoms with van der Waals surface area (Å²) in [5.74, 6) is 0. The van der Waals surface area contributed by atoms with Crippen molar-refractivity contribution in [3.8, 4) is 0 Å². The molecule has 0 aliphatic heterocycles. The summed E-state index contributed by atoms with van der Waals surface area (Å²) in [7, 11) is 2.18. The molecule has 0 radical (unpaired) electrons. The third kappa shape index (κ3) is 3.49. The molecule has 0 aromatic heterocycles. The number of hydrogen-bond donors (Lipinski definition) is 1. The van der Waals surface area contributed by atoms with Crippen molar-refractivity contribution >= 4 is 21.6 Å². The first kappa shape index (κ1) is 13.5. The molecule has 0 spiro atoms. The van der Waals surface area contributed by atoms with Gasteiger partial charge in [0.2, 0.25) is 0 Å². The fourth-order valence-electron chi connectivity index (χ4n) is 2.00. The Hall–Kier alpha value is -0.540. The SMILES string of the molecule is CCC(CC)N(C)Cc1ccc(N)cc1Br. The van der Waals surface area contributed by atoms with E-state index in [1.54, 1.807) is 0 Å². The number of halogens is 1. The van der Waals surface area contributed by atoms with E-state index in [1.807, 2.05) is 12.1 Å². The zero-order chi connectivity index (χ0) is 12.1. The fraction of sp³-hybridized carbons (Fsp3) is 0.538. The minimum absolute atomic E-state index is 0.657. The summed E-state index contributed by atoms with van der Waals surface area (Å²) in [4.78, 5) is 2.40. The first-order valence-corrected chi connectivity index (χ1v) is 6.61. The first-order valence-electron chi connectivity index (χ1n) is 5.82. The van der Waals surface area contributed by atoms with Gasteiger partial charge in [-0.25, -0.2) is 0 Å². The van der Waals surface area contributed by atoms with Crippen molar-refractivity contribution in [3.63, 3.8) is 0 Å². The monoisotopic (exact) mass is 284 g/mol. The molecule has 0 aliphatic rings. The van der Waals surface area contributed by atoms with Gasteiger partial charge < -0.3 is 5.73 Å². The Morgan fingerprint density at radius 2 is 1.94 bits per heavy atom. The van der Waals surface area contributed by atoms with Gasteiger partial charge in [-0.3, -0.25) is 4.90 Å². The molecule has 90 valence electrons. The summed E-state index contributed by atoms with van der Waals surface area (Å²) in [6.45, 7) is 5.44. The smallest absolute Gasteiger partial charge is 0.0325 e. The molecule has 0 atom stereocenters. The van der Waals surface area contributed by atoms with Crippen LogP contribution in [0.25, 0.3) is 0 Å². The summed E-state index contributed by atoms with van der Waals surface area (Å²) in [6, 6.07) is 6.68. The lowest BCUT2D eigenvalue weighted by atomic mass is 10.1. The standard InChI is InChI=1S/C13H21BrN2/c1-4-12(5-2)16(3)9-10-6-7-11(15)8-13(10)14/h6-8,12H,4-5,9,15H2,1-3H3. The highest BCUT2D eigenvalue weighted by atomic mass is 79.9. The molecule has 16 heavy (non-hydrogen) atoms. The van der Waals surface area contributed by atoms with E-state index in [2.05, 4.69) is 47.8 Å². The van der Waals surface area contributed by atoms with Gasteiger partial charge >= 0.3 is 0 Å². The number of nitrogen functional groups attached to an aromatic ring is 1. The summed E-state index contributed by atoms with van der Waals surface area (Å²) in [5.41, 5.74) is 7.83. The van der Waals surface area contributed by atoms with Crippen molar-refractivity contribution in [3.05, 3.63) is 28.2 Å². The lowest BCUT2D eigenvalue weighted by Gasteiger charge is -2.26. The van der Waals surface area contributed by atoms with Crippen molar-refractivity contribution in [1.29, 1.82) is 0 Å². The molecule has 0 bridgehead atoms. The van der Waals surface area contributed by atoms with E-state index in [-0.39, 0.29) is 0 Å². The maximum atomic E-state index is 5.73. The molecule has 3 heteroatoms. The average molecular weight is 285 g/mol. The van der Waals surface area contributed by atoms with Gasteiger partial charge in [-0.1, -0.05) is 35.8 Å². The van der Waals surface area contributed by atoms with Gasteiger partial charge in [0.15, 0.2) is 0 Å². The number of hydrogen-bond acceptors (Lipinski definition) is 2. The molecule has 1 aromatic rings. The molecule has 1 rings (SSSR count). The molecule has 0 unspecified atom stereocenters. The first-order chi connectivity index (χ1) is 7.58. The highest BCUT2D eigenvalue weighted by Crippen LogP contribution is 2.22. The quantitative estimate of drug-likeness (QED) is 0.837. The highest BCUT2D eigenvalue weighted by Gasteiger charge is 2.11. The maximum Gasteiger partial charge on any atom is 0.0325 e. The summed E-state index contributed by atoms with van der Waals surface area (Å²) in [6.07, 6.45) is 2.39. The fourth-order valence-corrected chi connectivity index (χ4v) is 2.52. The van der Waals surface area contributed by atoms with Crippen LogP contribution in [0.3, 0.4) is 0 Å². The number of nitrogens with two attached hydrogens (primary N) is 1. The van der Waals surface area contributed by atoms with Crippen LogP contribution in [0.15, 0.2) is 22.7 Å². The van der Waals surface area contributed by atoms with Crippen LogP contribution in [0.5, 0.6) is 0 Å². The molecule has 0 amide bonds. The summed E-state index contributed by atoms with van der Waals surface area (Å²) < 4.78 is 1.10. The molecule has 0 heterocycles. The second-order valence-electron chi connectivity index (χ2n) is 4.24. The largest absolute Gasteiger partial charge is 0.399 e. The van der Waals surface area contributed by atoms with Gasteiger partial charge in [-0.2, -0.15) is 0 Å². The summed E-state index contributed by atoms with van der Waals surface area (Å²) >= 11 is 3.56. The molecule has 0 saturated heterocycles. The van der Waals surface area contributed by atoms with Crippen molar-refractivity contribution in [2.75, 3.05) is 12.8 Å². The average Bonchev–Trinajstić information content (AvgIpc) is 2.24. The van der Waals surface area contributed by atoms with E-state index in [9.17, 15) is 0 Å². The van der Waals surface area contributed by atoms with Crippen LogP contribution in [0, 0.1) is 0 Å². The Balaban J connectivity index is 2.72. The zero-order valence-corrected chi connectivity index (χ0v) is 11.9. The lowest BCUT2D eigenvalue weighted by Crippen LogP contribution is -2.30. The third-order valence-electron chi connectivity index (χ3n) is 3.06. The summed E-state index contributed by atoms with van der Waals surface area (Å²) in [5, 5.41) is 0. The van der Waals surface area contributed by atoms with Gasteiger partial charge in [-0.15, -0.1) is 0 Å². The predicted octanol–water partition coefficient (Wildman–Crippen LogP) is 3.65. The van der Waals surface area contributed by atoms with Crippen LogP contribution in [0.4, 0.5) is 5.69 Å². The predicted molar refractivity (Wildman–Crippen MR) is 74.4 cm³/mol. The molecule has 2 nitrogen and oxygen atoms in total. The molecule has 0 fully saturated rings. The van der Waals surface area contributed by atoms with Crippen LogP contribution < -0.4 is 5.73 Å². The van der Waals surface area contributed by atoms with E-state index in [1.165, 1.54) is 18.4 Å². The van der Waals surface area contributed by atoms with Crippen LogP contribution in [-0.4, -0.2) is 18.0 Å². The van der Waals surface area contributed by atoms with Crippen LogP contribution >= 0.6 is 15.9 Å². The molecule has 1 aromatic carbocycles. The van der Waals surface area contributed by atoms with E-state index in [0.29, 0.717) is 6.04 Å². The van der Waals surface area contributed by atoms with E-state index >= 15 is 0 Å². The van der Waals surface area contributed by atoms with Crippen LogP contribution in [0.1, 0.15) is 32.3 Å². The second kappa shape index (κ2) is 6.26. The van der Waals surface area contributed by atoms with Crippen molar-refractivity contribution < 1.29 is 0 Å². The second-order valence-corrected chi connectivity index (χ2v) is 5.09. The van der Waals surface area contributed by atoms with E-state index in [0.717, 1.165) is 16.7 Å². The van der Waals surface area contributed by atoms with Crippen molar-refractivity contribution in [2.24, 2.45) is 0 Å². The number of nitrogens with zero attached hydrogens (tertiary/aromatic N) is 1. The molecule has 0 aliphatic carbocycles. The minimum Gasteiger partial charge on any atom is -0.399 e. The van der Waals surface area contributed by atoms with E-state index in [4.69, 9.17) is 5.73 Å². The highest BCUT2D eigenvalue weighted by molar-refractivity contribution is 9.10. The topological polar surface area (TPSA) is 29.3 Å². The number of benzene rings is 1. The van der Waals surface area contributed by atoms with Crippen LogP contribution in [0.2, 0.25) is 0 Å².